The van der Waals surface area contributed by atoms with Crippen LogP contribution in [-0.4, -0.2) is 42.0 Å². The van der Waals surface area contributed by atoms with Crippen molar-refractivity contribution in [3.05, 3.63) is 29.8 Å². The highest BCUT2D eigenvalue weighted by Crippen LogP contribution is 2.21. The zero-order valence-electron chi connectivity index (χ0n) is 11.4. The number of hydrogen-bond donors (Lipinski definition) is 2. The summed E-state index contributed by atoms with van der Waals surface area (Å²) in [4.78, 5) is 24.5. The van der Waals surface area contributed by atoms with Gasteiger partial charge in [-0.2, -0.15) is 13.2 Å². The minimum atomic E-state index is -4.45. The van der Waals surface area contributed by atoms with Crippen LogP contribution in [0.1, 0.15) is 16.8 Å². The van der Waals surface area contributed by atoms with Gasteiger partial charge in [0, 0.05) is 12.2 Å². The van der Waals surface area contributed by atoms with Crippen molar-refractivity contribution in [1.29, 1.82) is 0 Å². The number of nitrogens with one attached hydrogen (secondary N) is 1. The summed E-state index contributed by atoms with van der Waals surface area (Å²) in [6, 6.07) is 5.33. The Hall–Kier alpha value is -1.96. The lowest BCUT2D eigenvalue weighted by Crippen LogP contribution is -2.43. The Morgan fingerprint density at radius 3 is 2.59 bits per heavy atom. The molecule has 0 bridgehead atoms. The molecule has 0 saturated carbocycles. The Bertz CT molecular complexity index is 566. The van der Waals surface area contributed by atoms with Crippen LogP contribution in [0.4, 0.5) is 18.9 Å². The van der Waals surface area contributed by atoms with Crippen LogP contribution in [0.15, 0.2) is 24.3 Å². The molecule has 1 saturated heterocycles. The highest BCUT2D eigenvalue weighted by molar-refractivity contribution is 6.01. The largest absolute Gasteiger partial charge is 0.406 e. The monoisotopic (exact) mass is 337 g/mol. The van der Waals surface area contributed by atoms with Crippen molar-refractivity contribution < 1.29 is 22.8 Å². The maximum atomic E-state index is 12.3. The third-order valence-corrected chi connectivity index (χ3v) is 3.18. The van der Waals surface area contributed by atoms with E-state index in [2.05, 4.69) is 5.32 Å². The van der Waals surface area contributed by atoms with Crippen molar-refractivity contribution in [1.82, 2.24) is 10.2 Å². The van der Waals surface area contributed by atoms with Crippen LogP contribution in [0, 0.1) is 0 Å². The molecular formula is C13H15ClF3N3O2. The summed E-state index contributed by atoms with van der Waals surface area (Å²) >= 11 is 0. The molecule has 1 aromatic rings. The van der Waals surface area contributed by atoms with E-state index >= 15 is 0 Å². The minimum absolute atomic E-state index is 0. The van der Waals surface area contributed by atoms with Crippen LogP contribution >= 0.6 is 12.4 Å². The molecule has 1 heterocycles. The van der Waals surface area contributed by atoms with Crippen molar-refractivity contribution in [3.63, 3.8) is 0 Å². The van der Waals surface area contributed by atoms with Gasteiger partial charge >= 0.3 is 6.18 Å². The van der Waals surface area contributed by atoms with Gasteiger partial charge in [-0.05, 0) is 18.6 Å². The zero-order chi connectivity index (χ0) is 15.6. The number of benzene rings is 1. The Labute approximate surface area is 131 Å². The van der Waals surface area contributed by atoms with Crippen LogP contribution in [0.5, 0.6) is 0 Å². The van der Waals surface area contributed by atoms with Gasteiger partial charge in [0.2, 0.25) is 5.91 Å². The number of halogens is 4. The number of hydrogen-bond acceptors (Lipinski definition) is 3. The molecule has 1 unspecified atom stereocenters. The molecule has 1 atom stereocenters. The number of alkyl halides is 3. The molecule has 0 radical (unpaired) electrons. The molecule has 2 rings (SSSR count). The van der Waals surface area contributed by atoms with Gasteiger partial charge in [-0.1, -0.05) is 12.1 Å². The molecule has 9 heteroatoms. The lowest BCUT2D eigenvalue weighted by Gasteiger charge is -2.18. The fraction of sp³-hybridized carbons (Fsp3) is 0.385. The molecular weight excluding hydrogens is 323 g/mol. The Kier molecular flexibility index (Phi) is 5.65. The number of carbonyl (C=O) groups is 2. The van der Waals surface area contributed by atoms with Crippen LogP contribution in [0.25, 0.3) is 0 Å². The van der Waals surface area contributed by atoms with Crippen LogP contribution in [0.2, 0.25) is 0 Å². The highest BCUT2D eigenvalue weighted by Gasteiger charge is 2.39. The number of anilines is 1. The number of carbonyl (C=O) groups excluding carboxylic acids is 2. The molecule has 1 aliphatic heterocycles. The Balaban J connectivity index is 0.00000242. The van der Waals surface area contributed by atoms with Crippen molar-refractivity contribution in [2.24, 2.45) is 0 Å². The molecule has 0 aromatic heterocycles. The second-order valence-corrected chi connectivity index (χ2v) is 4.78. The first-order chi connectivity index (χ1) is 9.78. The fourth-order valence-electron chi connectivity index (χ4n) is 2.19. The maximum absolute atomic E-state index is 12.3. The molecule has 1 aromatic carbocycles. The van der Waals surface area contributed by atoms with Crippen LogP contribution < -0.4 is 11.1 Å². The minimum Gasteiger partial charge on any atom is -0.398 e. The molecule has 0 aliphatic carbocycles. The van der Waals surface area contributed by atoms with Crippen LogP contribution in [-0.2, 0) is 4.79 Å². The normalized spacial score (nSPS) is 18.0. The summed E-state index contributed by atoms with van der Waals surface area (Å²) in [5, 5.41) is 2.42. The summed E-state index contributed by atoms with van der Waals surface area (Å²) in [7, 11) is 0. The van der Waals surface area contributed by atoms with Crippen molar-refractivity contribution in [2.45, 2.75) is 18.6 Å². The molecule has 122 valence electrons. The molecule has 3 N–H and O–H groups in total. The van der Waals surface area contributed by atoms with Gasteiger partial charge in [-0.15, -0.1) is 12.4 Å². The molecule has 22 heavy (non-hydrogen) atoms. The first-order valence-corrected chi connectivity index (χ1v) is 6.29. The summed E-state index contributed by atoms with van der Waals surface area (Å²) in [5.41, 5.74) is 6.07. The summed E-state index contributed by atoms with van der Waals surface area (Å²) < 4.78 is 36.9. The van der Waals surface area contributed by atoms with Gasteiger partial charge in [0.15, 0.2) is 0 Å². The molecule has 1 fully saturated rings. The number of nitrogens with two attached hydrogens (primary N) is 1. The van der Waals surface area contributed by atoms with E-state index in [0.29, 0.717) is 4.90 Å². The number of likely N-dealkylation sites (tertiary alicyclic amines) is 1. The smallest absolute Gasteiger partial charge is 0.398 e. The summed E-state index contributed by atoms with van der Waals surface area (Å²) in [5.74, 6) is -1.30. The van der Waals surface area contributed by atoms with Crippen LogP contribution in [0.3, 0.4) is 0 Å². The van der Waals surface area contributed by atoms with E-state index in [9.17, 15) is 22.8 Å². The predicted octanol–water partition coefficient (Wildman–Crippen LogP) is 1.58. The first-order valence-electron chi connectivity index (χ1n) is 6.29. The fourth-order valence-corrected chi connectivity index (χ4v) is 2.19. The lowest BCUT2D eigenvalue weighted by molar-refractivity contribution is -0.157. The van der Waals surface area contributed by atoms with Crippen molar-refractivity contribution in [2.75, 3.05) is 18.8 Å². The molecule has 5 nitrogen and oxygen atoms in total. The van der Waals surface area contributed by atoms with Gasteiger partial charge < -0.3 is 16.0 Å². The summed E-state index contributed by atoms with van der Waals surface area (Å²) in [6.07, 6.45) is -4.30. The maximum Gasteiger partial charge on any atom is 0.406 e. The SMILES string of the molecule is Cl.Nc1ccccc1C(=O)NC1CCN(CC(F)(F)F)C1=O. The van der Waals surface area contributed by atoms with Gasteiger partial charge in [-0.3, -0.25) is 9.59 Å². The Morgan fingerprint density at radius 1 is 1.36 bits per heavy atom. The average Bonchev–Trinajstić information content (AvgIpc) is 2.70. The van der Waals surface area contributed by atoms with E-state index in [1.807, 2.05) is 0 Å². The topological polar surface area (TPSA) is 75.4 Å². The Morgan fingerprint density at radius 2 is 2.00 bits per heavy atom. The highest BCUT2D eigenvalue weighted by atomic mass is 35.5. The summed E-state index contributed by atoms with van der Waals surface area (Å²) in [6.45, 7) is -1.33. The van der Waals surface area contributed by atoms with Gasteiger partial charge in [0.25, 0.3) is 5.91 Å². The van der Waals surface area contributed by atoms with Crippen molar-refractivity contribution in [3.8, 4) is 0 Å². The molecule has 1 aliphatic rings. The van der Waals surface area contributed by atoms with E-state index in [0.717, 1.165) is 0 Å². The van der Waals surface area contributed by atoms with Gasteiger partial charge in [0.1, 0.15) is 12.6 Å². The standard InChI is InChI=1S/C13H14F3N3O2.ClH/c14-13(15,16)7-19-6-5-10(12(19)21)18-11(20)8-3-1-2-4-9(8)17;/h1-4,10H,5-7,17H2,(H,18,20);1H. The third kappa shape index (κ3) is 4.27. The third-order valence-electron chi connectivity index (χ3n) is 3.18. The zero-order valence-corrected chi connectivity index (χ0v) is 12.2. The van der Waals surface area contributed by atoms with E-state index in [1.165, 1.54) is 12.1 Å². The number of nitrogens with zero attached hydrogens (tertiary/aromatic N) is 1. The number of nitrogen functional groups attached to an aromatic ring is 1. The molecule has 0 spiro atoms. The second kappa shape index (κ2) is 6.87. The lowest BCUT2D eigenvalue weighted by atomic mass is 10.1. The van der Waals surface area contributed by atoms with Gasteiger partial charge in [0.05, 0.1) is 5.56 Å². The average molecular weight is 338 g/mol. The first kappa shape index (κ1) is 18.1. The number of para-hydroxylation sites is 1. The van der Waals surface area contributed by atoms with E-state index in [4.69, 9.17) is 5.73 Å². The van der Waals surface area contributed by atoms with Gasteiger partial charge in [-0.25, -0.2) is 0 Å². The second-order valence-electron chi connectivity index (χ2n) is 4.78. The van der Waals surface area contributed by atoms with Crippen molar-refractivity contribution >= 4 is 29.9 Å². The number of amides is 2. The van der Waals surface area contributed by atoms with E-state index in [-0.39, 0.29) is 36.6 Å². The number of rotatable bonds is 3. The van der Waals surface area contributed by atoms with E-state index in [1.54, 1.807) is 12.1 Å². The molecule has 2 amide bonds. The van der Waals surface area contributed by atoms with E-state index < -0.39 is 30.6 Å². The predicted molar refractivity (Wildman–Crippen MR) is 76.6 cm³/mol. The quantitative estimate of drug-likeness (QED) is 0.822.